The number of aromatic hydroxyl groups is 1. The minimum atomic E-state index is 0.109. The van der Waals surface area contributed by atoms with E-state index in [4.69, 9.17) is 4.74 Å². The van der Waals surface area contributed by atoms with E-state index in [-0.39, 0.29) is 5.75 Å². The predicted molar refractivity (Wildman–Crippen MR) is 182 cm³/mol. The second kappa shape index (κ2) is 12.2. The zero-order chi connectivity index (χ0) is 29.7. The molecular formula is C42H29O2. The van der Waals surface area contributed by atoms with Crippen LogP contribution in [-0.2, 0) is 0 Å². The Kier molecular flexibility index (Phi) is 7.47. The van der Waals surface area contributed by atoms with Crippen LogP contribution in [0.1, 0.15) is 22.3 Å². The fourth-order valence-electron chi connectivity index (χ4n) is 5.68. The summed E-state index contributed by atoms with van der Waals surface area (Å²) in [5.74, 6) is 1.14. The molecule has 7 aromatic rings. The van der Waals surface area contributed by atoms with Crippen molar-refractivity contribution in [3.05, 3.63) is 198 Å². The van der Waals surface area contributed by atoms with Crippen LogP contribution in [0, 0.1) is 6.08 Å². The maximum absolute atomic E-state index is 11.8. The van der Waals surface area contributed by atoms with Crippen molar-refractivity contribution in [2.24, 2.45) is 0 Å². The van der Waals surface area contributed by atoms with Gasteiger partial charge in [0.15, 0.2) is 11.5 Å². The lowest BCUT2D eigenvalue weighted by Gasteiger charge is -2.22. The summed E-state index contributed by atoms with van der Waals surface area (Å²) in [5, 5.41) is 15.4. The van der Waals surface area contributed by atoms with Crippen molar-refractivity contribution in [1.29, 1.82) is 0 Å². The number of ether oxygens (including phenoxy) is 1. The minimum absolute atomic E-state index is 0.109. The number of allylic oxidation sites excluding steroid dienone is 2. The summed E-state index contributed by atoms with van der Waals surface area (Å²) in [6, 6.07) is 56.8. The van der Waals surface area contributed by atoms with Crippen molar-refractivity contribution in [3.63, 3.8) is 0 Å². The van der Waals surface area contributed by atoms with Gasteiger partial charge in [-0.2, -0.15) is 0 Å². The second-order valence-electron chi connectivity index (χ2n) is 10.5. The van der Waals surface area contributed by atoms with E-state index in [1.807, 2.05) is 127 Å². The van der Waals surface area contributed by atoms with Crippen molar-refractivity contribution in [1.82, 2.24) is 0 Å². The Morgan fingerprint density at radius 3 is 1.45 bits per heavy atom. The van der Waals surface area contributed by atoms with Gasteiger partial charge in [0.1, 0.15) is 5.76 Å². The minimum Gasteiger partial charge on any atom is -0.504 e. The van der Waals surface area contributed by atoms with Crippen molar-refractivity contribution in [3.8, 4) is 11.5 Å². The van der Waals surface area contributed by atoms with Gasteiger partial charge in [-0.25, -0.2) is 0 Å². The molecule has 7 rings (SSSR count). The first kappa shape index (κ1) is 27.0. The highest BCUT2D eigenvalue weighted by Crippen LogP contribution is 2.46. The Bertz CT molecular complexity index is 2110. The molecule has 0 bridgehead atoms. The topological polar surface area (TPSA) is 29.5 Å². The molecule has 0 saturated carbocycles. The van der Waals surface area contributed by atoms with Gasteiger partial charge < -0.3 is 9.84 Å². The summed E-state index contributed by atoms with van der Waals surface area (Å²) in [4.78, 5) is 0. The van der Waals surface area contributed by atoms with Crippen LogP contribution in [0.5, 0.6) is 11.5 Å². The second-order valence-corrected chi connectivity index (χ2v) is 10.5. The third-order valence-electron chi connectivity index (χ3n) is 7.74. The lowest BCUT2D eigenvalue weighted by Crippen LogP contribution is -2.04. The molecule has 0 aliphatic heterocycles. The maximum Gasteiger partial charge on any atom is 0.177 e. The molecule has 0 spiro atoms. The number of benzene rings is 7. The zero-order valence-corrected chi connectivity index (χ0v) is 24.0. The van der Waals surface area contributed by atoms with Gasteiger partial charge in [-0.1, -0.05) is 170 Å². The Morgan fingerprint density at radius 2 is 0.864 bits per heavy atom. The highest BCUT2D eigenvalue weighted by atomic mass is 16.5. The monoisotopic (exact) mass is 565 g/mol. The number of phenols is 1. The van der Waals surface area contributed by atoms with Gasteiger partial charge in [0, 0.05) is 27.5 Å². The molecule has 0 aliphatic rings. The van der Waals surface area contributed by atoms with Gasteiger partial charge >= 0.3 is 0 Å². The molecule has 0 amide bonds. The maximum atomic E-state index is 11.8. The Hall–Kier alpha value is -5.86. The number of fused-ring (bicyclic) bond motifs is 3. The first-order chi connectivity index (χ1) is 21.8. The van der Waals surface area contributed by atoms with Crippen LogP contribution in [-0.4, -0.2) is 5.11 Å². The summed E-state index contributed by atoms with van der Waals surface area (Å²) < 4.78 is 7.08. The highest BCUT2D eigenvalue weighted by molar-refractivity contribution is 6.16. The molecule has 44 heavy (non-hydrogen) atoms. The normalized spacial score (nSPS) is 12.2. The molecule has 209 valence electrons. The highest BCUT2D eigenvalue weighted by Gasteiger charge is 2.23. The summed E-state index contributed by atoms with van der Waals surface area (Å²) in [6.07, 6.45) is 3.73. The number of hydrogen-bond acceptors (Lipinski definition) is 2. The summed E-state index contributed by atoms with van der Waals surface area (Å²) >= 11 is 0. The lowest BCUT2D eigenvalue weighted by molar-refractivity contribution is 0.433. The van der Waals surface area contributed by atoms with Crippen LogP contribution in [0.3, 0.4) is 0 Å². The molecule has 0 atom stereocenters. The van der Waals surface area contributed by atoms with Crippen molar-refractivity contribution in [2.45, 2.75) is 0 Å². The van der Waals surface area contributed by atoms with Gasteiger partial charge in [-0.15, -0.1) is 0 Å². The number of hydrogen-bond donors (Lipinski definition) is 1. The first-order valence-electron chi connectivity index (χ1n) is 14.7. The van der Waals surface area contributed by atoms with E-state index in [9.17, 15) is 5.11 Å². The molecule has 2 nitrogen and oxygen atoms in total. The van der Waals surface area contributed by atoms with Crippen LogP contribution in [0.25, 0.3) is 38.5 Å². The molecule has 1 N–H and O–H groups in total. The van der Waals surface area contributed by atoms with Crippen molar-refractivity contribution >= 4 is 38.5 Å². The molecule has 0 saturated heterocycles. The quantitative estimate of drug-likeness (QED) is 0.0901. The standard InChI is InChI=1S/C42H29O2/c43-40-36-27-15-13-25-34(36)35-26-14-16-28-37(35)42(40)44-41(33-23-11-4-12-24-33)39(32-21-9-3-10-22-32)38(31-19-7-2-8-20-31)29-30-17-5-1-6-18-30/h1-28,43H/b38-29?,41-39-. The SMILES string of the molecule is Oc1c(O/C(=C(\C(=[C]c2ccccc2)c2ccccc2)c2ccccc2)c2ccccc2)c2ccccc2c2ccccc12. The van der Waals surface area contributed by atoms with Crippen LogP contribution < -0.4 is 4.74 Å². The molecule has 0 unspecified atom stereocenters. The Balaban J connectivity index is 1.59. The first-order valence-corrected chi connectivity index (χ1v) is 14.7. The summed E-state index contributed by atoms with van der Waals surface area (Å²) in [6.45, 7) is 0. The van der Waals surface area contributed by atoms with Gasteiger partial charge in [-0.05, 0) is 33.5 Å². The summed E-state index contributed by atoms with van der Waals surface area (Å²) in [7, 11) is 0. The van der Waals surface area contributed by atoms with E-state index in [0.29, 0.717) is 11.5 Å². The van der Waals surface area contributed by atoms with E-state index in [1.54, 1.807) is 0 Å². The molecule has 1 radical (unpaired) electrons. The number of phenolic OH excluding ortho intramolecular Hbond substituents is 1. The van der Waals surface area contributed by atoms with E-state index in [2.05, 4.69) is 48.5 Å². The third kappa shape index (κ3) is 5.26. The number of rotatable bonds is 7. The van der Waals surface area contributed by atoms with E-state index in [0.717, 1.165) is 54.9 Å². The van der Waals surface area contributed by atoms with Crippen molar-refractivity contribution < 1.29 is 9.84 Å². The molecule has 2 heteroatoms. The van der Waals surface area contributed by atoms with Crippen LogP contribution in [0.2, 0.25) is 0 Å². The van der Waals surface area contributed by atoms with Crippen LogP contribution in [0.15, 0.2) is 170 Å². The lowest BCUT2D eigenvalue weighted by atomic mass is 9.88. The predicted octanol–water partition coefficient (Wildman–Crippen LogP) is 10.6. The van der Waals surface area contributed by atoms with Crippen molar-refractivity contribution in [2.75, 3.05) is 0 Å². The average Bonchev–Trinajstić information content (AvgIpc) is 3.10. The molecule has 7 aromatic carbocycles. The molecule has 0 fully saturated rings. The average molecular weight is 566 g/mol. The fraction of sp³-hybridized carbons (Fsp3) is 0. The van der Waals surface area contributed by atoms with Gasteiger partial charge in [-0.3, -0.25) is 0 Å². The molecule has 0 aliphatic carbocycles. The molecular weight excluding hydrogens is 536 g/mol. The fourth-order valence-corrected chi connectivity index (χ4v) is 5.68. The van der Waals surface area contributed by atoms with Gasteiger partial charge in [0.05, 0.1) is 0 Å². The van der Waals surface area contributed by atoms with E-state index >= 15 is 0 Å². The molecule has 0 heterocycles. The van der Waals surface area contributed by atoms with Crippen LogP contribution in [0.4, 0.5) is 0 Å². The van der Waals surface area contributed by atoms with Gasteiger partial charge in [0.2, 0.25) is 0 Å². The third-order valence-corrected chi connectivity index (χ3v) is 7.74. The summed E-state index contributed by atoms with van der Waals surface area (Å²) in [5.41, 5.74) is 5.55. The largest absolute Gasteiger partial charge is 0.504 e. The zero-order valence-electron chi connectivity index (χ0n) is 24.0. The molecule has 0 aromatic heterocycles. The van der Waals surface area contributed by atoms with Crippen LogP contribution >= 0.6 is 0 Å². The van der Waals surface area contributed by atoms with E-state index in [1.165, 1.54) is 0 Å². The van der Waals surface area contributed by atoms with Gasteiger partial charge in [0.25, 0.3) is 0 Å². The smallest absolute Gasteiger partial charge is 0.177 e. The Labute approximate surface area is 257 Å². The van der Waals surface area contributed by atoms with E-state index < -0.39 is 0 Å². The Morgan fingerprint density at radius 1 is 0.432 bits per heavy atom.